The molecule has 1 amide bonds. The van der Waals surface area contributed by atoms with E-state index >= 15 is 0 Å². The quantitative estimate of drug-likeness (QED) is 0.406. The smallest absolute Gasteiger partial charge is 0.261 e. The zero-order valence-corrected chi connectivity index (χ0v) is 19.4. The molecule has 2 N–H and O–H groups in total. The third-order valence-corrected chi connectivity index (χ3v) is 7.17. The molecule has 10 heteroatoms. The SMILES string of the molecule is O=C(Nc1nc(-c2ccc3c(c2)OCCO3)cs1)c1ccccc1NS(=O)(=O)c1ccccc1. The van der Waals surface area contributed by atoms with E-state index in [2.05, 4.69) is 15.0 Å². The lowest BCUT2D eigenvalue weighted by Crippen LogP contribution is -2.18. The number of hydrogen-bond donors (Lipinski definition) is 2. The number of fused-ring (bicyclic) bond motifs is 1. The zero-order valence-electron chi connectivity index (χ0n) is 17.7. The fourth-order valence-electron chi connectivity index (χ4n) is 3.40. The molecule has 1 aromatic heterocycles. The van der Waals surface area contributed by atoms with Crippen molar-refractivity contribution in [2.75, 3.05) is 23.3 Å². The van der Waals surface area contributed by atoms with Crippen LogP contribution in [-0.2, 0) is 10.0 Å². The third-order valence-electron chi connectivity index (χ3n) is 5.03. The molecule has 0 aliphatic carbocycles. The predicted octanol–water partition coefficient (Wildman–Crippen LogP) is 4.63. The second-order valence-corrected chi connectivity index (χ2v) is 9.86. The Labute approximate surface area is 200 Å². The molecule has 0 saturated carbocycles. The average Bonchev–Trinajstić information content (AvgIpc) is 3.33. The van der Waals surface area contributed by atoms with Crippen molar-refractivity contribution in [3.05, 3.63) is 83.7 Å². The van der Waals surface area contributed by atoms with Crippen LogP contribution in [0.15, 0.2) is 83.1 Å². The molecule has 8 nitrogen and oxygen atoms in total. The van der Waals surface area contributed by atoms with E-state index in [0.29, 0.717) is 35.5 Å². The Kier molecular flexibility index (Phi) is 5.91. The van der Waals surface area contributed by atoms with Gasteiger partial charge in [-0.3, -0.25) is 14.8 Å². The molecule has 0 spiro atoms. The van der Waals surface area contributed by atoms with E-state index < -0.39 is 15.9 Å². The minimum Gasteiger partial charge on any atom is -0.486 e. The van der Waals surface area contributed by atoms with Crippen LogP contribution in [0.3, 0.4) is 0 Å². The van der Waals surface area contributed by atoms with Crippen LogP contribution in [-0.4, -0.2) is 32.5 Å². The second-order valence-electron chi connectivity index (χ2n) is 7.31. The monoisotopic (exact) mass is 493 g/mol. The lowest BCUT2D eigenvalue weighted by atomic mass is 10.1. The zero-order chi connectivity index (χ0) is 23.5. The van der Waals surface area contributed by atoms with E-state index in [1.54, 1.807) is 36.4 Å². The Morgan fingerprint density at radius 1 is 0.912 bits per heavy atom. The molecule has 0 radical (unpaired) electrons. The molecule has 0 atom stereocenters. The number of sulfonamides is 1. The van der Waals surface area contributed by atoms with Crippen LogP contribution in [0.5, 0.6) is 11.5 Å². The highest BCUT2D eigenvalue weighted by Crippen LogP contribution is 2.35. The van der Waals surface area contributed by atoms with Crippen LogP contribution in [0.4, 0.5) is 10.8 Å². The van der Waals surface area contributed by atoms with Gasteiger partial charge in [-0.1, -0.05) is 30.3 Å². The normalized spacial score (nSPS) is 12.7. The highest BCUT2D eigenvalue weighted by molar-refractivity contribution is 7.92. The van der Waals surface area contributed by atoms with E-state index in [-0.39, 0.29) is 16.1 Å². The number of para-hydroxylation sites is 1. The van der Waals surface area contributed by atoms with Gasteiger partial charge >= 0.3 is 0 Å². The van der Waals surface area contributed by atoms with Gasteiger partial charge in [0.2, 0.25) is 0 Å². The van der Waals surface area contributed by atoms with Gasteiger partial charge in [0.25, 0.3) is 15.9 Å². The van der Waals surface area contributed by atoms with Crippen molar-refractivity contribution in [2.24, 2.45) is 0 Å². The molecule has 34 heavy (non-hydrogen) atoms. The molecule has 0 saturated heterocycles. The summed E-state index contributed by atoms with van der Waals surface area (Å²) in [6.07, 6.45) is 0. The van der Waals surface area contributed by atoms with Crippen LogP contribution in [0.2, 0.25) is 0 Å². The molecule has 0 fully saturated rings. The number of benzene rings is 3. The van der Waals surface area contributed by atoms with Gasteiger partial charge in [0.1, 0.15) is 13.2 Å². The number of carbonyl (C=O) groups excluding carboxylic acids is 1. The molecule has 3 aromatic carbocycles. The summed E-state index contributed by atoms with van der Waals surface area (Å²) in [6, 6.07) is 19.9. The number of carbonyl (C=O) groups is 1. The average molecular weight is 494 g/mol. The summed E-state index contributed by atoms with van der Waals surface area (Å²) in [7, 11) is -3.85. The van der Waals surface area contributed by atoms with E-state index in [4.69, 9.17) is 9.47 Å². The first-order valence-electron chi connectivity index (χ1n) is 10.3. The van der Waals surface area contributed by atoms with Gasteiger partial charge in [0.05, 0.1) is 21.8 Å². The Bertz CT molecular complexity index is 1450. The lowest BCUT2D eigenvalue weighted by Gasteiger charge is -2.18. The van der Waals surface area contributed by atoms with Crippen molar-refractivity contribution in [1.29, 1.82) is 0 Å². The van der Waals surface area contributed by atoms with Gasteiger partial charge in [-0.25, -0.2) is 13.4 Å². The number of hydrogen-bond acceptors (Lipinski definition) is 7. The lowest BCUT2D eigenvalue weighted by molar-refractivity contribution is 0.102. The predicted molar refractivity (Wildman–Crippen MR) is 130 cm³/mol. The number of nitrogens with zero attached hydrogens (tertiary/aromatic N) is 1. The van der Waals surface area contributed by atoms with Crippen molar-refractivity contribution in [3.63, 3.8) is 0 Å². The number of rotatable bonds is 6. The molecular weight excluding hydrogens is 474 g/mol. The number of ether oxygens (including phenoxy) is 2. The molecule has 0 unspecified atom stereocenters. The highest BCUT2D eigenvalue weighted by atomic mass is 32.2. The fraction of sp³-hybridized carbons (Fsp3) is 0.0833. The largest absolute Gasteiger partial charge is 0.486 e. The standard InChI is InChI=1S/C24H19N3O5S2/c28-23(18-8-4-5-9-19(18)27-34(29,30)17-6-2-1-3-7-17)26-24-25-20(15-33-24)16-10-11-21-22(14-16)32-13-12-31-21/h1-11,14-15,27H,12-13H2,(H,25,26,28). The molecule has 2 heterocycles. The number of anilines is 2. The second kappa shape index (κ2) is 9.16. The molecule has 1 aliphatic heterocycles. The number of aromatic nitrogens is 1. The maximum absolute atomic E-state index is 13.0. The summed E-state index contributed by atoms with van der Waals surface area (Å²) in [5.74, 6) is 0.865. The summed E-state index contributed by atoms with van der Waals surface area (Å²) >= 11 is 1.27. The van der Waals surface area contributed by atoms with Crippen molar-refractivity contribution in [2.45, 2.75) is 4.90 Å². The maximum atomic E-state index is 13.0. The summed E-state index contributed by atoms with van der Waals surface area (Å²) in [6.45, 7) is 1.00. The van der Waals surface area contributed by atoms with Crippen LogP contribution >= 0.6 is 11.3 Å². The number of amides is 1. The minimum absolute atomic E-state index is 0.106. The van der Waals surface area contributed by atoms with Gasteiger partial charge in [-0.05, 0) is 42.5 Å². The van der Waals surface area contributed by atoms with Crippen molar-refractivity contribution < 1.29 is 22.7 Å². The van der Waals surface area contributed by atoms with Gasteiger partial charge in [-0.15, -0.1) is 11.3 Å². The number of thiazole rings is 1. The molecule has 5 rings (SSSR count). The fourth-order valence-corrected chi connectivity index (χ4v) is 5.22. The first-order chi connectivity index (χ1) is 16.5. The van der Waals surface area contributed by atoms with Crippen LogP contribution in [0.25, 0.3) is 11.3 Å². The Balaban J connectivity index is 1.35. The van der Waals surface area contributed by atoms with Gasteiger partial charge in [0.15, 0.2) is 16.6 Å². The first kappa shape index (κ1) is 21.9. The van der Waals surface area contributed by atoms with E-state index in [0.717, 1.165) is 5.56 Å². The van der Waals surface area contributed by atoms with Crippen LogP contribution in [0.1, 0.15) is 10.4 Å². The Morgan fingerprint density at radius 2 is 1.65 bits per heavy atom. The molecule has 4 aromatic rings. The van der Waals surface area contributed by atoms with E-state index in [1.165, 1.54) is 29.5 Å². The Morgan fingerprint density at radius 3 is 2.47 bits per heavy atom. The topological polar surface area (TPSA) is 107 Å². The first-order valence-corrected chi connectivity index (χ1v) is 12.7. The summed E-state index contributed by atoms with van der Waals surface area (Å²) in [4.78, 5) is 17.6. The molecule has 172 valence electrons. The van der Waals surface area contributed by atoms with Gasteiger partial charge in [-0.2, -0.15) is 0 Å². The number of nitrogens with one attached hydrogen (secondary N) is 2. The molecule has 0 bridgehead atoms. The summed E-state index contributed by atoms with van der Waals surface area (Å²) in [5, 5.41) is 4.96. The van der Waals surface area contributed by atoms with Crippen LogP contribution < -0.4 is 19.5 Å². The van der Waals surface area contributed by atoms with Crippen molar-refractivity contribution in [3.8, 4) is 22.8 Å². The summed E-state index contributed by atoms with van der Waals surface area (Å²) < 4.78 is 39.1. The van der Waals surface area contributed by atoms with E-state index in [1.807, 2.05) is 23.6 Å². The Hall–Kier alpha value is -3.89. The molecular formula is C24H19N3O5S2. The van der Waals surface area contributed by atoms with Gasteiger partial charge in [0, 0.05) is 10.9 Å². The third kappa shape index (κ3) is 4.59. The van der Waals surface area contributed by atoms with Crippen molar-refractivity contribution >= 4 is 38.1 Å². The molecule has 1 aliphatic rings. The van der Waals surface area contributed by atoms with Crippen molar-refractivity contribution in [1.82, 2.24) is 4.98 Å². The summed E-state index contributed by atoms with van der Waals surface area (Å²) in [5.41, 5.74) is 1.86. The van der Waals surface area contributed by atoms with Crippen LogP contribution in [0, 0.1) is 0 Å². The highest BCUT2D eigenvalue weighted by Gasteiger charge is 2.20. The maximum Gasteiger partial charge on any atom is 0.261 e. The van der Waals surface area contributed by atoms with E-state index in [9.17, 15) is 13.2 Å². The van der Waals surface area contributed by atoms with Gasteiger partial charge < -0.3 is 9.47 Å². The minimum atomic E-state index is -3.85.